The van der Waals surface area contributed by atoms with E-state index in [4.69, 9.17) is 10.2 Å². The average Bonchev–Trinajstić information content (AvgIpc) is 3.60. The summed E-state index contributed by atoms with van der Waals surface area (Å²) in [6, 6.07) is 15.1. The fraction of sp³-hybridized carbons (Fsp3) is 0.133. The Kier molecular flexibility index (Phi) is 5.71. The average molecular weight is 525 g/mol. The van der Waals surface area contributed by atoms with Crippen LogP contribution < -0.4 is 11.1 Å². The zero-order valence-corrected chi connectivity index (χ0v) is 20.8. The lowest BCUT2D eigenvalue weighted by molar-refractivity contribution is 0.0927. The van der Waals surface area contributed by atoms with E-state index in [9.17, 15) is 14.0 Å². The van der Waals surface area contributed by atoms with E-state index in [1.807, 2.05) is 0 Å². The van der Waals surface area contributed by atoms with Crippen LogP contribution in [0, 0.1) is 18.6 Å². The van der Waals surface area contributed by atoms with Crippen LogP contribution >= 0.6 is 0 Å². The number of benzene rings is 3. The summed E-state index contributed by atoms with van der Waals surface area (Å²) in [5, 5.41) is 2.95. The highest BCUT2D eigenvalue weighted by atomic mass is 19.1. The number of carbonyl (C=O) groups excluding carboxylic acids is 2. The topological polar surface area (TPSA) is 111 Å². The first-order valence-electron chi connectivity index (χ1n) is 12.3. The Hall–Kier alpha value is -4.92. The van der Waals surface area contributed by atoms with Gasteiger partial charge in [-0.05, 0) is 85.5 Å². The summed E-state index contributed by atoms with van der Waals surface area (Å²) in [6.45, 7) is 1.80. The van der Waals surface area contributed by atoms with E-state index >= 15 is 4.39 Å². The monoisotopic (exact) mass is 524 g/mol. The largest absolute Gasteiger partial charge is 0.455 e. The summed E-state index contributed by atoms with van der Waals surface area (Å²) >= 11 is 0. The number of halogens is 2. The van der Waals surface area contributed by atoms with E-state index in [2.05, 4.69) is 15.3 Å². The molecular weight excluding hydrogens is 502 g/mol. The second-order valence-corrected chi connectivity index (χ2v) is 9.62. The van der Waals surface area contributed by atoms with Crippen molar-refractivity contribution in [2.24, 2.45) is 5.73 Å². The first-order chi connectivity index (χ1) is 18.8. The molecule has 39 heavy (non-hydrogen) atoms. The maximum Gasteiger partial charge on any atom is 0.253 e. The number of aromatic nitrogens is 2. The van der Waals surface area contributed by atoms with Crippen molar-refractivity contribution in [3.8, 4) is 22.5 Å². The third-order valence-electron chi connectivity index (χ3n) is 7.03. The third-order valence-corrected chi connectivity index (χ3v) is 7.03. The quantitative estimate of drug-likeness (QED) is 0.298. The molecule has 0 saturated heterocycles. The standard InChI is InChI=1S/C30H22F2N4O3/c1-16-3-4-18(28(38)36-30(11-12-30)29-34-13-2-14-35-29)15-21(16)20-9-10-22-23(25(20)32)24(27(33)37)26(39-22)17-5-7-19(31)8-6-17/h2-10,13-15H,11-12H2,1H3,(H2,33,37)(H,36,38). The van der Waals surface area contributed by atoms with Gasteiger partial charge in [0.15, 0.2) is 5.82 Å². The number of carbonyl (C=O) groups is 2. The van der Waals surface area contributed by atoms with Crippen LogP contribution in [0.5, 0.6) is 0 Å². The zero-order chi connectivity index (χ0) is 27.3. The fourth-order valence-corrected chi connectivity index (χ4v) is 4.82. The van der Waals surface area contributed by atoms with Gasteiger partial charge >= 0.3 is 0 Å². The van der Waals surface area contributed by atoms with Gasteiger partial charge < -0.3 is 15.5 Å². The van der Waals surface area contributed by atoms with Crippen molar-refractivity contribution >= 4 is 22.8 Å². The van der Waals surface area contributed by atoms with Gasteiger partial charge in [0.2, 0.25) is 0 Å². The zero-order valence-electron chi connectivity index (χ0n) is 20.8. The molecule has 6 rings (SSSR count). The number of nitrogens with zero attached hydrogens (tertiary/aromatic N) is 2. The molecule has 7 nitrogen and oxygen atoms in total. The molecule has 0 radical (unpaired) electrons. The highest BCUT2D eigenvalue weighted by Crippen LogP contribution is 2.44. The van der Waals surface area contributed by atoms with Gasteiger partial charge in [0.25, 0.3) is 11.8 Å². The second kappa shape index (κ2) is 9.13. The van der Waals surface area contributed by atoms with E-state index in [1.165, 1.54) is 30.3 Å². The molecule has 2 amide bonds. The molecule has 0 spiro atoms. The molecule has 2 heterocycles. The van der Waals surface area contributed by atoms with Crippen LogP contribution in [0.4, 0.5) is 8.78 Å². The van der Waals surface area contributed by atoms with Crippen LogP contribution in [0.3, 0.4) is 0 Å². The number of fused-ring (bicyclic) bond motifs is 1. The molecular formula is C30H22F2N4O3. The first-order valence-corrected chi connectivity index (χ1v) is 12.3. The minimum atomic E-state index is -0.883. The molecule has 1 fully saturated rings. The van der Waals surface area contributed by atoms with Crippen LogP contribution in [0.2, 0.25) is 0 Å². The molecule has 0 atom stereocenters. The molecule has 2 aromatic heterocycles. The highest BCUT2D eigenvalue weighted by Gasteiger charge is 2.48. The van der Waals surface area contributed by atoms with E-state index in [-0.39, 0.29) is 33.8 Å². The number of hydrogen-bond acceptors (Lipinski definition) is 5. The second-order valence-electron chi connectivity index (χ2n) is 9.62. The number of primary amides is 1. The Morgan fingerprint density at radius 1 is 0.974 bits per heavy atom. The lowest BCUT2D eigenvalue weighted by Crippen LogP contribution is -2.36. The van der Waals surface area contributed by atoms with E-state index in [1.54, 1.807) is 49.6 Å². The number of furan rings is 1. The summed E-state index contributed by atoms with van der Waals surface area (Å²) in [4.78, 5) is 34.3. The number of amides is 2. The van der Waals surface area contributed by atoms with Crippen molar-refractivity contribution in [3.05, 3.63) is 107 Å². The van der Waals surface area contributed by atoms with E-state index in [0.29, 0.717) is 22.5 Å². The molecule has 1 aliphatic rings. The minimum absolute atomic E-state index is 0.0521. The molecule has 0 unspecified atom stereocenters. The summed E-state index contributed by atoms with van der Waals surface area (Å²) in [6.07, 6.45) is 4.71. The molecule has 0 aliphatic heterocycles. The molecule has 194 valence electrons. The lowest BCUT2D eigenvalue weighted by atomic mass is 9.95. The van der Waals surface area contributed by atoms with Gasteiger partial charge in [-0.2, -0.15) is 0 Å². The molecule has 5 aromatic rings. The Morgan fingerprint density at radius 2 is 1.69 bits per heavy atom. The fourth-order valence-electron chi connectivity index (χ4n) is 4.82. The molecule has 1 saturated carbocycles. The third kappa shape index (κ3) is 4.21. The van der Waals surface area contributed by atoms with Gasteiger partial charge in [-0.1, -0.05) is 6.07 Å². The van der Waals surface area contributed by atoms with Crippen molar-refractivity contribution < 1.29 is 22.8 Å². The smallest absolute Gasteiger partial charge is 0.253 e. The molecule has 0 bridgehead atoms. The lowest BCUT2D eigenvalue weighted by Gasteiger charge is -2.17. The van der Waals surface area contributed by atoms with Crippen LogP contribution in [-0.2, 0) is 5.54 Å². The highest BCUT2D eigenvalue weighted by molar-refractivity contribution is 6.11. The van der Waals surface area contributed by atoms with Crippen LogP contribution in [0.25, 0.3) is 33.4 Å². The van der Waals surface area contributed by atoms with Crippen LogP contribution in [0.1, 0.15) is 44.9 Å². The van der Waals surface area contributed by atoms with Crippen molar-refractivity contribution in [2.45, 2.75) is 25.3 Å². The van der Waals surface area contributed by atoms with Gasteiger partial charge in [0.1, 0.15) is 28.5 Å². The van der Waals surface area contributed by atoms with Gasteiger partial charge in [-0.25, -0.2) is 18.7 Å². The summed E-state index contributed by atoms with van der Waals surface area (Å²) < 4.78 is 35.4. The van der Waals surface area contributed by atoms with Crippen molar-refractivity contribution in [2.75, 3.05) is 0 Å². The normalized spacial score (nSPS) is 13.8. The van der Waals surface area contributed by atoms with Crippen molar-refractivity contribution in [1.29, 1.82) is 0 Å². The number of nitrogens with two attached hydrogens (primary N) is 1. The maximum atomic E-state index is 16.1. The summed E-state index contributed by atoms with van der Waals surface area (Å²) in [5.41, 5.74) is 7.12. The Morgan fingerprint density at radius 3 is 2.36 bits per heavy atom. The summed E-state index contributed by atoms with van der Waals surface area (Å²) in [7, 11) is 0. The molecule has 9 heteroatoms. The summed E-state index contributed by atoms with van der Waals surface area (Å²) in [5.74, 6) is -1.79. The Balaban J connectivity index is 1.41. The molecule has 1 aliphatic carbocycles. The van der Waals surface area contributed by atoms with Gasteiger partial charge in [0, 0.05) is 29.1 Å². The van der Waals surface area contributed by atoms with Crippen molar-refractivity contribution in [3.63, 3.8) is 0 Å². The van der Waals surface area contributed by atoms with Crippen LogP contribution in [0.15, 0.2) is 77.5 Å². The van der Waals surface area contributed by atoms with E-state index in [0.717, 1.165) is 18.4 Å². The molecule has 3 aromatic carbocycles. The Labute approximate surface area is 221 Å². The number of nitrogens with one attached hydrogen (secondary N) is 1. The van der Waals surface area contributed by atoms with Gasteiger partial charge in [-0.3, -0.25) is 9.59 Å². The predicted octanol–water partition coefficient (Wildman–Crippen LogP) is 5.66. The first kappa shape index (κ1) is 24.4. The number of rotatable bonds is 6. The van der Waals surface area contributed by atoms with Crippen LogP contribution in [-0.4, -0.2) is 21.8 Å². The predicted molar refractivity (Wildman–Crippen MR) is 141 cm³/mol. The SMILES string of the molecule is Cc1ccc(C(=O)NC2(c3ncccn3)CC2)cc1-c1ccc2oc(-c3ccc(F)cc3)c(C(N)=O)c2c1F. The molecule has 3 N–H and O–H groups in total. The Bertz CT molecular complexity index is 1760. The number of hydrogen-bond donors (Lipinski definition) is 2. The number of aryl methyl sites for hydroxylation is 1. The maximum absolute atomic E-state index is 16.1. The van der Waals surface area contributed by atoms with Gasteiger partial charge in [-0.15, -0.1) is 0 Å². The van der Waals surface area contributed by atoms with Crippen molar-refractivity contribution in [1.82, 2.24) is 15.3 Å². The van der Waals surface area contributed by atoms with Gasteiger partial charge in [0.05, 0.1) is 10.9 Å². The minimum Gasteiger partial charge on any atom is -0.455 e. The van der Waals surface area contributed by atoms with E-state index < -0.39 is 23.1 Å².